The van der Waals surface area contributed by atoms with Crippen molar-refractivity contribution >= 4 is 110 Å². The van der Waals surface area contributed by atoms with Crippen LogP contribution in [0.25, 0.3) is 0 Å². The lowest BCUT2D eigenvalue weighted by molar-refractivity contribution is -0.385. The number of nitrogens with one attached hydrogen (secondary N) is 5. The van der Waals surface area contributed by atoms with Crippen LogP contribution in [0.4, 0.5) is 42.8 Å². The molecule has 14 N–H and O–H groups in total. The Bertz CT molecular complexity index is 4080. The molecule has 1 heterocycles. The van der Waals surface area contributed by atoms with Crippen LogP contribution in [0, 0.1) is 62.4 Å². The van der Waals surface area contributed by atoms with E-state index in [1.807, 2.05) is 112 Å². The summed E-state index contributed by atoms with van der Waals surface area (Å²) in [7, 11) is 4.50. The van der Waals surface area contributed by atoms with Gasteiger partial charge in [0.25, 0.3) is 5.69 Å². The van der Waals surface area contributed by atoms with Gasteiger partial charge in [-0.05, 0) is 292 Å². The molecular formula is C110H183BCl2N10O20S. The van der Waals surface area contributed by atoms with Crippen molar-refractivity contribution in [1.82, 2.24) is 5.32 Å². The zero-order chi connectivity index (χ0) is 106. The molecule has 6 aliphatic rings. The van der Waals surface area contributed by atoms with Crippen LogP contribution in [0.15, 0.2) is 121 Å². The first kappa shape index (κ1) is 141. The zero-order valence-corrected chi connectivity index (χ0v) is 91.0. The smallest absolute Gasteiger partial charge is 0.466 e. The fourth-order valence-electron chi connectivity index (χ4n) is 15.5. The Morgan fingerprint density at radius 3 is 0.979 bits per heavy atom. The van der Waals surface area contributed by atoms with Gasteiger partial charge in [0, 0.05) is 101 Å². The van der Waals surface area contributed by atoms with Crippen molar-refractivity contribution < 1.29 is 92.4 Å². The number of aliphatic hydroxyl groups excluding tert-OH is 5. The second-order valence-electron chi connectivity index (χ2n) is 38.3. The Morgan fingerprint density at radius 2 is 0.743 bits per heavy atom. The number of halogens is 2. The van der Waals surface area contributed by atoms with E-state index in [2.05, 4.69) is 73.4 Å². The van der Waals surface area contributed by atoms with E-state index >= 15 is 0 Å². The van der Waals surface area contributed by atoms with Crippen LogP contribution in [0.2, 0.25) is 6.82 Å². The summed E-state index contributed by atoms with van der Waals surface area (Å²) < 4.78 is 32.7. The lowest BCUT2D eigenvalue weighted by atomic mass is 9.89. The van der Waals surface area contributed by atoms with Crippen LogP contribution in [0.1, 0.15) is 361 Å². The molecule has 1 aliphatic heterocycles. The zero-order valence-electron chi connectivity index (χ0n) is 88.5. The van der Waals surface area contributed by atoms with Gasteiger partial charge in [-0.25, -0.2) is 14.4 Å². The number of nitrogens with two attached hydrogens (primary N) is 2. The highest BCUT2D eigenvalue weighted by atomic mass is 35.5. The van der Waals surface area contributed by atoms with Crippen molar-refractivity contribution in [3.8, 4) is 12.1 Å². The van der Waals surface area contributed by atoms with E-state index in [0.717, 1.165) is 127 Å². The third-order valence-electron chi connectivity index (χ3n) is 22.7. The van der Waals surface area contributed by atoms with Crippen LogP contribution in [0.3, 0.4) is 0 Å². The molecule has 144 heavy (non-hydrogen) atoms. The molecule has 816 valence electrons. The molecule has 2 radical (unpaired) electrons. The van der Waals surface area contributed by atoms with Gasteiger partial charge in [0.2, 0.25) is 0 Å². The van der Waals surface area contributed by atoms with Crippen molar-refractivity contribution in [3.05, 3.63) is 159 Å². The van der Waals surface area contributed by atoms with Crippen molar-refractivity contribution in [1.29, 1.82) is 10.5 Å². The number of nitrogens with zero attached hydrogens (tertiary/aromatic N) is 3. The van der Waals surface area contributed by atoms with Crippen LogP contribution in [-0.4, -0.2) is 170 Å². The number of carbonyl (C=O) groups is 6. The minimum atomic E-state index is -1.06. The highest BCUT2D eigenvalue weighted by molar-refractivity contribution is 7.79. The van der Waals surface area contributed by atoms with E-state index < -0.39 is 70.7 Å². The number of amides is 1. The van der Waals surface area contributed by atoms with Gasteiger partial charge in [-0.1, -0.05) is 171 Å². The summed E-state index contributed by atoms with van der Waals surface area (Å²) in [5, 5.41) is 93.5. The minimum absolute atomic E-state index is 0. The second kappa shape index (κ2) is 87.0. The number of ether oxygens (including phenoxy) is 7. The number of esters is 2. The van der Waals surface area contributed by atoms with Gasteiger partial charge in [0.05, 0.1) is 81.5 Å². The van der Waals surface area contributed by atoms with Gasteiger partial charge in [-0.3, -0.25) is 19.7 Å². The highest BCUT2D eigenvalue weighted by Crippen LogP contribution is 2.32. The van der Waals surface area contributed by atoms with E-state index in [1.165, 1.54) is 199 Å². The van der Waals surface area contributed by atoms with Gasteiger partial charge < -0.3 is 102 Å². The fraction of sp³-hybridized carbons (Fsp3) is 0.655. The molecule has 0 spiro atoms. The molecule has 5 aromatic carbocycles. The first-order chi connectivity index (χ1) is 67.3. The lowest BCUT2D eigenvalue weighted by Crippen LogP contribution is -2.33. The number of benzene rings is 5. The number of nitro benzene ring substituents is 1. The maximum absolute atomic E-state index is 11.6. The second-order valence-corrected chi connectivity index (χ2v) is 38.3. The summed E-state index contributed by atoms with van der Waals surface area (Å²) in [6.45, 7) is 31.8. The number of thiol groups is 1. The molecule has 1 saturated heterocycles. The molecule has 1 amide bonds. The van der Waals surface area contributed by atoms with E-state index in [4.69, 9.17) is 40.9 Å². The van der Waals surface area contributed by atoms with E-state index in [-0.39, 0.29) is 62.7 Å². The summed E-state index contributed by atoms with van der Waals surface area (Å²) in [4.78, 5) is 73.3. The molecular weight excluding hydrogens is 1900 g/mol. The molecule has 5 aromatic rings. The SMILES string of the molecule is C.C1CCOC1.CC(C)(C)OC(=O)NCCC(O)c1cccc(NCC2CCCCC2)c1.CC(C)(C)OC(=O)OC(=O)OC(C)(C)C.CCOC(C)=O.CCOC(C)=O.CS.Cl.Cl.N#CCC(O)c1cccc(NCC2CCCCC2)c1.N#CCC(O)c1cccc([N+](=O)[O-])c1.NCCC(O)c1cccc(NCC2CCCCC2)c1.NCCC(O)c1cccc(NCC2CCCCC2)c1.O=CC1CCCCC1.[B]C. The van der Waals surface area contributed by atoms with Crippen LogP contribution >= 0.6 is 37.4 Å². The molecule has 5 unspecified atom stereocenters. The number of hydrogen-bond donors (Lipinski definition) is 13. The number of aldehydes is 1. The largest absolute Gasteiger partial charge is 0.519 e. The number of rotatable bonds is 30. The van der Waals surface area contributed by atoms with Gasteiger partial charge in [-0.15, -0.1) is 24.8 Å². The predicted octanol–water partition coefficient (Wildman–Crippen LogP) is 24.7. The number of alkyl carbamates (subject to hydrolysis) is 1. The summed E-state index contributed by atoms with van der Waals surface area (Å²) in [5.41, 5.74) is 17.3. The van der Waals surface area contributed by atoms with E-state index in [0.29, 0.717) is 63.6 Å². The normalized spacial score (nSPS) is 15.4. The first-order valence-electron chi connectivity index (χ1n) is 50.9. The fourth-order valence-corrected chi connectivity index (χ4v) is 15.5. The number of carbonyl (C=O) groups excluding carboxylic acids is 6. The lowest BCUT2D eigenvalue weighted by Gasteiger charge is -2.22. The molecule has 5 atom stereocenters. The molecule has 30 nitrogen and oxygen atoms in total. The van der Waals surface area contributed by atoms with Gasteiger partial charge in [-0.2, -0.15) is 23.2 Å². The Balaban J connectivity index is -0.000000774. The molecule has 11 rings (SSSR count). The number of anilines is 4. The highest BCUT2D eigenvalue weighted by Gasteiger charge is 2.26. The number of nitro groups is 1. The Labute approximate surface area is 882 Å². The van der Waals surface area contributed by atoms with Crippen molar-refractivity contribution in [2.45, 2.75) is 357 Å². The van der Waals surface area contributed by atoms with Gasteiger partial charge in [0.1, 0.15) is 23.1 Å². The molecule has 6 fully saturated rings. The maximum Gasteiger partial charge on any atom is 0.519 e. The minimum Gasteiger partial charge on any atom is -0.466 e. The molecule has 34 heteroatoms. The van der Waals surface area contributed by atoms with Crippen LogP contribution in [-0.2, 0) is 47.5 Å². The topological polar surface area (TPSA) is 471 Å². The maximum atomic E-state index is 11.6. The number of aliphatic hydroxyl groups is 5. The summed E-state index contributed by atoms with van der Waals surface area (Å²) >= 11 is 3.53. The number of hydrogen-bond acceptors (Lipinski definition) is 29. The van der Waals surface area contributed by atoms with E-state index in [9.17, 15) is 64.4 Å². The van der Waals surface area contributed by atoms with Crippen LogP contribution < -0.4 is 38.1 Å². The average molecular weight is 2080 g/mol. The van der Waals surface area contributed by atoms with Crippen molar-refractivity contribution in [2.24, 2.45) is 41.1 Å². The third kappa shape index (κ3) is 75.6. The predicted molar refractivity (Wildman–Crippen MR) is 589 cm³/mol. The first-order valence-corrected chi connectivity index (χ1v) is 51.8. The molecule has 5 aliphatic carbocycles. The van der Waals surface area contributed by atoms with E-state index in [1.54, 1.807) is 73.8 Å². The molecule has 0 bridgehead atoms. The quantitative estimate of drug-likeness (QED) is 0.00297. The Morgan fingerprint density at radius 1 is 0.465 bits per heavy atom. The Hall–Kier alpha value is -9.03. The van der Waals surface area contributed by atoms with Gasteiger partial charge >= 0.3 is 30.3 Å². The number of nitriles is 2. The van der Waals surface area contributed by atoms with Gasteiger partial charge in [0.15, 0.2) is 0 Å². The summed E-state index contributed by atoms with van der Waals surface area (Å²) in [6, 6.07) is 41.3. The summed E-state index contributed by atoms with van der Waals surface area (Å²) in [5.74, 6) is 3.15. The monoisotopic (exact) mass is 2080 g/mol. The summed E-state index contributed by atoms with van der Waals surface area (Å²) in [6.07, 6.45) is 34.7. The van der Waals surface area contributed by atoms with Crippen molar-refractivity contribution in [3.63, 3.8) is 0 Å². The van der Waals surface area contributed by atoms with Crippen molar-refractivity contribution in [2.75, 3.05) is 99.8 Å². The average Bonchev–Trinajstić information content (AvgIpc) is 1.25. The van der Waals surface area contributed by atoms with Crippen LogP contribution in [0.5, 0.6) is 0 Å². The Kier molecular flexibility index (Phi) is 85.4. The molecule has 0 aromatic heterocycles. The third-order valence-corrected chi connectivity index (χ3v) is 22.7. The standard InChI is InChI=1S/C21H34N2O3.2C16H26N2O.C16H22N2O.C10H18O5.C9H8N2O3.C7H12O.2C4H8O2.C4H8O.CH3B.CH4S.CH4.2ClH/c1-21(2,3)26-20(25)22-13-12-19(24)17-10-7-11-18(14-17)23-15-16-8-5-4-6-9-16;3*17-10-9-16(19)14-7-4-8-15(11-14)18-12-13-5-2-1-3-6-13;1-9(2,3)14-7(11)13-8(12)15-10(4,5)6;10-5-4-9(12)7-2-1-3-8(6-7)11(13)14;8-6-7-4-2-1-3-5-7;2*1-3-6-4(2)5;1-2-4-5-3-1;2*1-2;;;/h7,10-11,14,16,19,23-24H,4-6,8-9,12-13,15H2,1-3H3,(H,22,25);2*4,7-8,11,13,16,18-19H,1-3,5-6,9-10,12,17H2;4,7-8,11,13,16,18-19H,1-3,5-6,9,12H2;1-6H3;1-3,6,9,12H,4H2;6-7H,1-5H2;2*3H2,1-2H3;1-4H2;1H3;2H,1H3;1H4;2*1H. The molecule has 5 saturated carbocycles. The number of non-ortho nitro benzene ring substituents is 1.